The van der Waals surface area contributed by atoms with Crippen molar-refractivity contribution in [3.8, 4) is 0 Å². The van der Waals surface area contributed by atoms with E-state index < -0.39 is 10.0 Å². The molecular weight excluding hydrogens is 272 g/mol. The van der Waals surface area contributed by atoms with Crippen LogP contribution in [0.2, 0.25) is 0 Å². The van der Waals surface area contributed by atoms with Crippen molar-refractivity contribution in [3.05, 3.63) is 29.8 Å². The first-order valence-electron chi connectivity index (χ1n) is 5.81. The lowest BCUT2D eigenvalue weighted by Crippen LogP contribution is -2.37. The maximum Gasteiger partial charge on any atom is 0.240 e. The summed E-state index contributed by atoms with van der Waals surface area (Å²) >= 11 is 0. The molecule has 0 aliphatic carbocycles. The van der Waals surface area contributed by atoms with Crippen LogP contribution in [0, 0.1) is 0 Å². The Morgan fingerprint density at radius 1 is 1.28 bits per heavy atom. The molecule has 3 N–H and O–H groups in total. The number of halogens is 1. The van der Waals surface area contributed by atoms with Crippen molar-refractivity contribution in [2.45, 2.75) is 37.6 Å². The van der Waals surface area contributed by atoms with Gasteiger partial charge in [-0.2, -0.15) is 0 Å². The fraction of sp³-hybridized carbons (Fsp3) is 0.500. The average molecular weight is 293 g/mol. The first kappa shape index (κ1) is 17.4. The molecule has 1 atom stereocenters. The van der Waals surface area contributed by atoms with Gasteiger partial charge < -0.3 is 5.73 Å². The standard InChI is InChI=1S/C12H20N2O2S.ClH/c1-3-4-11-5-7-12(8-6-11)17(15,16)14-10(2)9-13;/h5-8,10,14H,3-4,9,13H2,1-2H3;1H/t10-;/m1./s1. The van der Waals surface area contributed by atoms with Gasteiger partial charge in [0, 0.05) is 12.6 Å². The van der Waals surface area contributed by atoms with Crippen molar-refractivity contribution in [3.63, 3.8) is 0 Å². The van der Waals surface area contributed by atoms with E-state index in [-0.39, 0.29) is 29.9 Å². The van der Waals surface area contributed by atoms with E-state index in [1.165, 1.54) is 0 Å². The van der Waals surface area contributed by atoms with E-state index in [1.807, 2.05) is 12.1 Å². The van der Waals surface area contributed by atoms with Gasteiger partial charge in [-0.3, -0.25) is 0 Å². The zero-order valence-electron chi connectivity index (χ0n) is 10.7. The molecule has 1 aromatic rings. The Morgan fingerprint density at radius 2 is 1.83 bits per heavy atom. The summed E-state index contributed by atoms with van der Waals surface area (Å²) in [5.41, 5.74) is 6.55. The van der Waals surface area contributed by atoms with Gasteiger partial charge in [0.2, 0.25) is 10.0 Å². The number of rotatable bonds is 6. The van der Waals surface area contributed by atoms with Crippen LogP contribution < -0.4 is 10.5 Å². The Balaban J connectivity index is 0.00000289. The van der Waals surface area contributed by atoms with E-state index in [0.717, 1.165) is 18.4 Å². The Bertz CT molecular complexity index is 446. The minimum Gasteiger partial charge on any atom is -0.329 e. The molecule has 0 aromatic heterocycles. The number of benzene rings is 1. The molecule has 0 bridgehead atoms. The van der Waals surface area contributed by atoms with E-state index in [4.69, 9.17) is 5.73 Å². The lowest BCUT2D eigenvalue weighted by Gasteiger charge is -2.12. The Labute approximate surface area is 115 Å². The summed E-state index contributed by atoms with van der Waals surface area (Å²) in [6.45, 7) is 4.12. The number of nitrogens with two attached hydrogens (primary N) is 1. The van der Waals surface area contributed by atoms with Crippen LogP contribution in [0.15, 0.2) is 29.2 Å². The lowest BCUT2D eigenvalue weighted by molar-refractivity contribution is 0.562. The van der Waals surface area contributed by atoms with E-state index in [9.17, 15) is 8.42 Å². The third-order valence-corrected chi connectivity index (χ3v) is 4.09. The average Bonchev–Trinajstić information content (AvgIpc) is 2.29. The van der Waals surface area contributed by atoms with E-state index in [1.54, 1.807) is 19.1 Å². The fourth-order valence-corrected chi connectivity index (χ4v) is 2.76. The predicted octanol–water partition coefficient (Wildman–Crippen LogP) is 1.69. The summed E-state index contributed by atoms with van der Waals surface area (Å²) in [4.78, 5) is 0.289. The molecule has 6 heteroatoms. The largest absolute Gasteiger partial charge is 0.329 e. The molecule has 18 heavy (non-hydrogen) atoms. The summed E-state index contributed by atoms with van der Waals surface area (Å²) in [7, 11) is -3.43. The topological polar surface area (TPSA) is 72.2 Å². The molecule has 1 aromatic carbocycles. The summed E-state index contributed by atoms with van der Waals surface area (Å²) in [5.74, 6) is 0. The second-order valence-corrected chi connectivity index (χ2v) is 5.87. The van der Waals surface area contributed by atoms with Gasteiger partial charge >= 0.3 is 0 Å². The molecule has 1 rings (SSSR count). The van der Waals surface area contributed by atoms with Gasteiger partial charge in [0.1, 0.15) is 0 Å². The van der Waals surface area contributed by atoms with Crippen molar-refractivity contribution < 1.29 is 8.42 Å². The molecule has 0 radical (unpaired) electrons. The molecule has 0 spiro atoms. The maximum absolute atomic E-state index is 11.9. The van der Waals surface area contributed by atoms with Crippen LogP contribution in [0.5, 0.6) is 0 Å². The van der Waals surface area contributed by atoms with Crippen molar-refractivity contribution in [2.24, 2.45) is 5.73 Å². The predicted molar refractivity (Wildman–Crippen MR) is 76.5 cm³/mol. The quantitative estimate of drug-likeness (QED) is 0.838. The van der Waals surface area contributed by atoms with Crippen molar-refractivity contribution >= 4 is 22.4 Å². The molecule has 0 heterocycles. The molecule has 0 aliphatic rings. The zero-order chi connectivity index (χ0) is 12.9. The Morgan fingerprint density at radius 3 is 2.28 bits per heavy atom. The molecule has 104 valence electrons. The SMILES string of the molecule is CCCc1ccc(S(=O)(=O)N[C@H](C)CN)cc1.Cl. The summed E-state index contributed by atoms with van der Waals surface area (Å²) in [5, 5.41) is 0. The summed E-state index contributed by atoms with van der Waals surface area (Å²) in [6, 6.07) is 6.72. The van der Waals surface area contributed by atoms with Gasteiger partial charge in [-0.25, -0.2) is 13.1 Å². The van der Waals surface area contributed by atoms with Gasteiger partial charge in [-0.05, 0) is 31.0 Å². The molecular formula is C12H21ClN2O2S. The van der Waals surface area contributed by atoms with Crippen LogP contribution in [0.1, 0.15) is 25.8 Å². The molecule has 0 saturated heterocycles. The van der Waals surface area contributed by atoms with E-state index >= 15 is 0 Å². The van der Waals surface area contributed by atoms with Crippen LogP contribution in [-0.2, 0) is 16.4 Å². The highest BCUT2D eigenvalue weighted by atomic mass is 35.5. The third-order valence-electron chi connectivity index (χ3n) is 2.48. The van der Waals surface area contributed by atoms with Gasteiger partial charge in [-0.1, -0.05) is 25.5 Å². The summed E-state index contributed by atoms with van der Waals surface area (Å²) < 4.78 is 26.3. The molecule has 4 nitrogen and oxygen atoms in total. The molecule has 0 saturated carbocycles. The highest BCUT2D eigenvalue weighted by molar-refractivity contribution is 7.89. The highest BCUT2D eigenvalue weighted by Crippen LogP contribution is 2.12. The van der Waals surface area contributed by atoms with Gasteiger partial charge in [0.15, 0.2) is 0 Å². The van der Waals surface area contributed by atoms with Gasteiger partial charge in [-0.15, -0.1) is 12.4 Å². The second kappa shape index (κ2) is 7.74. The first-order chi connectivity index (χ1) is 7.99. The van der Waals surface area contributed by atoms with Crippen LogP contribution >= 0.6 is 12.4 Å². The van der Waals surface area contributed by atoms with E-state index in [0.29, 0.717) is 0 Å². The number of aryl methyl sites for hydroxylation is 1. The summed E-state index contributed by atoms with van der Waals surface area (Å²) in [6.07, 6.45) is 2.02. The number of nitrogens with one attached hydrogen (secondary N) is 1. The van der Waals surface area contributed by atoms with Gasteiger partial charge in [0.05, 0.1) is 4.90 Å². The number of hydrogen-bond acceptors (Lipinski definition) is 3. The Kier molecular flexibility index (Phi) is 7.47. The smallest absolute Gasteiger partial charge is 0.240 e. The van der Waals surface area contributed by atoms with Crippen LogP contribution in [0.3, 0.4) is 0 Å². The Hall–Kier alpha value is -0.620. The van der Waals surface area contributed by atoms with Crippen LogP contribution in [0.25, 0.3) is 0 Å². The number of hydrogen-bond donors (Lipinski definition) is 2. The van der Waals surface area contributed by atoms with Crippen LogP contribution in [0.4, 0.5) is 0 Å². The molecule has 0 amide bonds. The maximum atomic E-state index is 11.9. The minimum absolute atomic E-state index is 0. The molecule has 0 fully saturated rings. The van der Waals surface area contributed by atoms with Crippen molar-refractivity contribution in [1.82, 2.24) is 4.72 Å². The lowest BCUT2D eigenvalue weighted by atomic mass is 10.1. The minimum atomic E-state index is -3.43. The molecule has 0 unspecified atom stereocenters. The first-order valence-corrected chi connectivity index (χ1v) is 7.29. The van der Waals surface area contributed by atoms with E-state index in [2.05, 4.69) is 11.6 Å². The monoisotopic (exact) mass is 292 g/mol. The van der Waals surface area contributed by atoms with Crippen molar-refractivity contribution in [2.75, 3.05) is 6.54 Å². The van der Waals surface area contributed by atoms with Gasteiger partial charge in [0.25, 0.3) is 0 Å². The molecule has 0 aliphatic heterocycles. The fourth-order valence-electron chi connectivity index (χ4n) is 1.50. The second-order valence-electron chi connectivity index (χ2n) is 4.15. The zero-order valence-corrected chi connectivity index (χ0v) is 12.4. The van der Waals surface area contributed by atoms with Crippen molar-refractivity contribution in [1.29, 1.82) is 0 Å². The number of sulfonamides is 1. The third kappa shape index (κ3) is 4.94. The normalized spacial score (nSPS) is 12.8. The van der Waals surface area contributed by atoms with Crippen LogP contribution in [-0.4, -0.2) is 21.0 Å². The highest BCUT2D eigenvalue weighted by Gasteiger charge is 2.15.